The molecule has 0 N–H and O–H groups in total. The maximum Gasteiger partial charge on any atom is 0.337 e. The first-order chi connectivity index (χ1) is 16.2. The Kier molecular flexibility index (Phi) is 8.10. The van der Waals surface area contributed by atoms with Gasteiger partial charge in [0, 0.05) is 18.0 Å². The SMILES string of the molecule is COC(=O)c1ccc(CN2C(=O)CC(c3cccc(OC)c3)C(C(=O)OCC(C)C)=C2C)cc1. The normalized spacial score (nSPS) is 16.0. The Morgan fingerprint density at radius 3 is 2.38 bits per heavy atom. The van der Waals surface area contributed by atoms with Gasteiger partial charge in [0.2, 0.25) is 5.91 Å². The fraction of sp³-hybridized carbons (Fsp3) is 0.370. The lowest BCUT2D eigenvalue weighted by molar-refractivity contribution is -0.141. The standard InChI is InChI=1S/C27H31NO6/c1-17(2)16-34-27(31)25-18(3)28(15-19-9-11-20(12-10-19)26(30)33-5)24(29)14-23(25)21-7-6-8-22(13-21)32-4/h6-13,17,23H,14-16H2,1-5H3. The molecule has 34 heavy (non-hydrogen) atoms. The van der Waals surface area contributed by atoms with Gasteiger partial charge in [-0.1, -0.05) is 38.1 Å². The highest BCUT2D eigenvalue weighted by molar-refractivity contribution is 5.96. The van der Waals surface area contributed by atoms with Crippen molar-refractivity contribution in [2.45, 2.75) is 39.7 Å². The van der Waals surface area contributed by atoms with Gasteiger partial charge >= 0.3 is 11.9 Å². The first-order valence-corrected chi connectivity index (χ1v) is 11.2. The summed E-state index contributed by atoms with van der Waals surface area (Å²) in [5, 5.41) is 0. The molecular weight excluding hydrogens is 434 g/mol. The van der Waals surface area contributed by atoms with Gasteiger partial charge in [0.15, 0.2) is 0 Å². The fourth-order valence-corrected chi connectivity index (χ4v) is 3.98. The van der Waals surface area contributed by atoms with Crippen molar-refractivity contribution < 1.29 is 28.6 Å². The number of esters is 2. The van der Waals surface area contributed by atoms with Crippen LogP contribution in [-0.2, 0) is 25.6 Å². The van der Waals surface area contributed by atoms with Crippen LogP contribution in [0.25, 0.3) is 0 Å². The molecule has 0 radical (unpaired) electrons. The van der Waals surface area contributed by atoms with Crippen molar-refractivity contribution in [2.75, 3.05) is 20.8 Å². The fourth-order valence-electron chi connectivity index (χ4n) is 3.98. The lowest BCUT2D eigenvalue weighted by Crippen LogP contribution is -2.38. The average molecular weight is 466 g/mol. The summed E-state index contributed by atoms with van der Waals surface area (Å²) in [7, 11) is 2.91. The van der Waals surface area contributed by atoms with Crippen molar-refractivity contribution in [3.05, 3.63) is 76.5 Å². The maximum atomic E-state index is 13.2. The summed E-state index contributed by atoms with van der Waals surface area (Å²) < 4.78 is 15.7. The van der Waals surface area contributed by atoms with E-state index in [0.717, 1.165) is 11.1 Å². The molecule has 2 aromatic rings. The molecule has 0 aromatic heterocycles. The quantitative estimate of drug-likeness (QED) is 0.535. The van der Waals surface area contributed by atoms with Gasteiger partial charge in [-0.2, -0.15) is 0 Å². The number of nitrogens with zero attached hydrogens (tertiary/aromatic N) is 1. The second-order valence-electron chi connectivity index (χ2n) is 8.69. The van der Waals surface area contributed by atoms with Gasteiger partial charge in [-0.15, -0.1) is 0 Å². The molecular formula is C27H31NO6. The van der Waals surface area contributed by atoms with Gasteiger partial charge in [0.05, 0.1) is 38.5 Å². The molecule has 1 unspecified atom stereocenters. The molecule has 3 rings (SSSR count). The van der Waals surface area contributed by atoms with Crippen molar-refractivity contribution in [3.63, 3.8) is 0 Å². The van der Waals surface area contributed by atoms with E-state index in [4.69, 9.17) is 14.2 Å². The molecule has 0 saturated heterocycles. The Labute approximate surface area is 200 Å². The molecule has 1 aliphatic rings. The molecule has 1 aliphatic heterocycles. The number of methoxy groups -OCH3 is 2. The van der Waals surface area contributed by atoms with Crippen LogP contribution in [-0.4, -0.2) is 43.6 Å². The lowest BCUT2D eigenvalue weighted by Gasteiger charge is -2.34. The minimum Gasteiger partial charge on any atom is -0.497 e. The third-order valence-electron chi connectivity index (χ3n) is 5.80. The van der Waals surface area contributed by atoms with Crippen molar-refractivity contribution in [2.24, 2.45) is 5.92 Å². The van der Waals surface area contributed by atoms with Crippen LogP contribution < -0.4 is 4.74 Å². The van der Waals surface area contributed by atoms with E-state index >= 15 is 0 Å². The van der Waals surface area contributed by atoms with E-state index in [0.29, 0.717) is 29.2 Å². The van der Waals surface area contributed by atoms with Crippen LogP contribution in [0.1, 0.15) is 54.6 Å². The van der Waals surface area contributed by atoms with Crippen LogP contribution in [0.15, 0.2) is 59.8 Å². The zero-order chi connectivity index (χ0) is 24.8. The molecule has 7 nitrogen and oxygen atoms in total. The number of hydrogen-bond acceptors (Lipinski definition) is 6. The van der Waals surface area contributed by atoms with E-state index in [1.807, 2.05) is 38.1 Å². The number of amides is 1. The highest BCUT2D eigenvalue weighted by Gasteiger charge is 2.37. The number of benzene rings is 2. The van der Waals surface area contributed by atoms with Crippen LogP contribution in [0.5, 0.6) is 5.75 Å². The lowest BCUT2D eigenvalue weighted by atomic mass is 9.83. The summed E-state index contributed by atoms with van der Waals surface area (Å²) in [5.41, 5.74) is 3.12. The molecule has 7 heteroatoms. The minimum atomic E-state index is -0.430. The molecule has 0 spiro atoms. The third kappa shape index (κ3) is 5.65. The van der Waals surface area contributed by atoms with Crippen LogP contribution >= 0.6 is 0 Å². The maximum absolute atomic E-state index is 13.2. The monoisotopic (exact) mass is 465 g/mol. The Morgan fingerprint density at radius 1 is 1.06 bits per heavy atom. The molecule has 1 heterocycles. The molecule has 180 valence electrons. The summed E-state index contributed by atoms with van der Waals surface area (Å²) in [6.07, 6.45) is 0.136. The average Bonchev–Trinajstić information content (AvgIpc) is 2.84. The van der Waals surface area contributed by atoms with E-state index in [2.05, 4.69) is 0 Å². The smallest absolute Gasteiger partial charge is 0.337 e. The van der Waals surface area contributed by atoms with E-state index in [1.54, 1.807) is 43.2 Å². The first kappa shape index (κ1) is 25.0. The number of rotatable bonds is 8. The van der Waals surface area contributed by atoms with Gasteiger partial charge in [0.25, 0.3) is 0 Å². The number of carbonyl (C=O) groups is 3. The van der Waals surface area contributed by atoms with E-state index in [1.165, 1.54) is 7.11 Å². The molecule has 0 bridgehead atoms. The number of carbonyl (C=O) groups excluding carboxylic acids is 3. The predicted molar refractivity (Wildman–Crippen MR) is 127 cm³/mol. The summed E-state index contributed by atoms with van der Waals surface area (Å²) in [6.45, 7) is 6.30. The van der Waals surface area contributed by atoms with Crippen molar-refractivity contribution in [1.82, 2.24) is 4.90 Å². The van der Waals surface area contributed by atoms with E-state index in [9.17, 15) is 14.4 Å². The minimum absolute atomic E-state index is 0.0947. The molecule has 1 atom stereocenters. The molecule has 0 fully saturated rings. The molecule has 0 aliphatic carbocycles. The van der Waals surface area contributed by atoms with Crippen molar-refractivity contribution in [3.8, 4) is 5.75 Å². The third-order valence-corrected chi connectivity index (χ3v) is 5.80. The van der Waals surface area contributed by atoms with Crippen LogP contribution in [0.3, 0.4) is 0 Å². The van der Waals surface area contributed by atoms with Crippen LogP contribution in [0, 0.1) is 5.92 Å². The van der Waals surface area contributed by atoms with Gasteiger partial charge in [-0.05, 0) is 48.2 Å². The Balaban J connectivity index is 1.97. The van der Waals surface area contributed by atoms with E-state index < -0.39 is 17.9 Å². The summed E-state index contributed by atoms with van der Waals surface area (Å²) in [5.74, 6) is -0.520. The van der Waals surface area contributed by atoms with E-state index in [-0.39, 0.29) is 24.8 Å². The zero-order valence-electron chi connectivity index (χ0n) is 20.3. The number of hydrogen-bond donors (Lipinski definition) is 0. The Morgan fingerprint density at radius 2 is 1.76 bits per heavy atom. The summed E-state index contributed by atoms with van der Waals surface area (Å²) in [6, 6.07) is 14.3. The summed E-state index contributed by atoms with van der Waals surface area (Å²) in [4.78, 5) is 39.8. The van der Waals surface area contributed by atoms with Gasteiger partial charge in [-0.3, -0.25) is 4.79 Å². The second kappa shape index (κ2) is 11.0. The van der Waals surface area contributed by atoms with Gasteiger partial charge < -0.3 is 19.1 Å². The zero-order valence-corrected chi connectivity index (χ0v) is 20.3. The van der Waals surface area contributed by atoms with Crippen LogP contribution in [0.4, 0.5) is 0 Å². The topological polar surface area (TPSA) is 82.1 Å². The number of allylic oxidation sites excluding steroid dienone is 1. The largest absolute Gasteiger partial charge is 0.497 e. The van der Waals surface area contributed by atoms with Crippen molar-refractivity contribution in [1.29, 1.82) is 0 Å². The number of ether oxygens (including phenoxy) is 3. The molecule has 2 aromatic carbocycles. The summed E-state index contributed by atoms with van der Waals surface area (Å²) >= 11 is 0. The molecule has 0 saturated carbocycles. The van der Waals surface area contributed by atoms with Crippen molar-refractivity contribution >= 4 is 17.8 Å². The van der Waals surface area contributed by atoms with Gasteiger partial charge in [0.1, 0.15) is 5.75 Å². The van der Waals surface area contributed by atoms with Gasteiger partial charge in [-0.25, -0.2) is 9.59 Å². The Bertz CT molecular complexity index is 1090. The van der Waals surface area contributed by atoms with Crippen LogP contribution in [0.2, 0.25) is 0 Å². The molecule has 1 amide bonds. The highest BCUT2D eigenvalue weighted by Crippen LogP contribution is 2.38. The highest BCUT2D eigenvalue weighted by atomic mass is 16.5. The second-order valence-corrected chi connectivity index (χ2v) is 8.69. The Hall–Kier alpha value is -3.61. The predicted octanol–water partition coefficient (Wildman–Crippen LogP) is 4.47. The first-order valence-electron chi connectivity index (χ1n) is 11.2.